The van der Waals surface area contributed by atoms with E-state index in [-0.39, 0.29) is 5.91 Å². The van der Waals surface area contributed by atoms with Crippen molar-refractivity contribution in [2.75, 3.05) is 38.0 Å². The molecule has 1 fully saturated rings. The molecule has 0 bridgehead atoms. The highest BCUT2D eigenvalue weighted by atomic mass is 16.1. The molecule has 21 heavy (non-hydrogen) atoms. The molecule has 2 heterocycles. The van der Waals surface area contributed by atoms with E-state index < -0.39 is 0 Å². The van der Waals surface area contributed by atoms with Gasteiger partial charge in [0.2, 0.25) is 0 Å². The van der Waals surface area contributed by atoms with E-state index >= 15 is 0 Å². The highest BCUT2D eigenvalue weighted by molar-refractivity contribution is 5.91. The zero-order valence-electron chi connectivity index (χ0n) is 12.8. The molecule has 2 rings (SSSR count). The second-order valence-corrected chi connectivity index (χ2v) is 5.37. The van der Waals surface area contributed by atoms with Gasteiger partial charge in [-0.3, -0.25) is 4.79 Å². The van der Waals surface area contributed by atoms with E-state index in [1.54, 1.807) is 6.20 Å². The normalized spacial score (nSPS) is 15.7. The second kappa shape index (κ2) is 8.56. The van der Waals surface area contributed by atoms with Crippen LogP contribution >= 0.6 is 0 Å². The third kappa shape index (κ3) is 5.30. The number of aromatic nitrogens is 2. The van der Waals surface area contributed by atoms with Crippen LogP contribution in [0.4, 0.5) is 5.82 Å². The van der Waals surface area contributed by atoms with Gasteiger partial charge < -0.3 is 15.5 Å². The van der Waals surface area contributed by atoms with Gasteiger partial charge in [-0.1, -0.05) is 13.3 Å². The number of carbonyl (C=O) groups excluding carboxylic acids is 1. The van der Waals surface area contributed by atoms with Crippen LogP contribution in [0.15, 0.2) is 12.4 Å². The molecular weight excluding hydrogens is 266 g/mol. The second-order valence-electron chi connectivity index (χ2n) is 5.37. The Balaban J connectivity index is 1.72. The van der Waals surface area contributed by atoms with E-state index in [1.807, 2.05) is 0 Å². The van der Waals surface area contributed by atoms with Gasteiger partial charge in [0.25, 0.3) is 5.91 Å². The fraction of sp³-hybridized carbons (Fsp3) is 0.667. The Hall–Kier alpha value is -1.69. The quantitative estimate of drug-likeness (QED) is 0.797. The fourth-order valence-electron chi connectivity index (χ4n) is 2.39. The molecule has 1 aromatic heterocycles. The van der Waals surface area contributed by atoms with Gasteiger partial charge in [0.1, 0.15) is 11.5 Å². The third-order valence-electron chi connectivity index (χ3n) is 3.60. The predicted octanol–water partition coefficient (Wildman–Crippen LogP) is 1.51. The van der Waals surface area contributed by atoms with Crippen molar-refractivity contribution in [3.8, 4) is 0 Å². The maximum absolute atomic E-state index is 12.0. The summed E-state index contributed by atoms with van der Waals surface area (Å²) in [4.78, 5) is 22.7. The summed E-state index contributed by atoms with van der Waals surface area (Å²) in [7, 11) is 0. The summed E-state index contributed by atoms with van der Waals surface area (Å²) < 4.78 is 0. The molecule has 1 aliphatic heterocycles. The minimum absolute atomic E-state index is 0.151. The van der Waals surface area contributed by atoms with Crippen molar-refractivity contribution in [2.45, 2.75) is 32.6 Å². The van der Waals surface area contributed by atoms with Gasteiger partial charge in [0.15, 0.2) is 0 Å². The maximum atomic E-state index is 12.0. The molecule has 0 spiro atoms. The molecule has 2 N–H and O–H groups in total. The molecule has 1 aromatic rings. The van der Waals surface area contributed by atoms with Crippen molar-refractivity contribution in [1.29, 1.82) is 0 Å². The van der Waals surface area contributed by atoms with Gasteiger partial charge in [-0.05, 0) is 32.4 Å². The van der Waals surface area contributed by atoms with Crippen molar-refractivity contribution < 1.29 is 4.79 Å². The zero-order valence-corrected chi connectivity index (χ0v) is 12.8. The Morgan fingerprint density at radius 3 is 2.67 bits per heavy atom. The van der Waals surface area contributed by atoms with Crippen LogP contribution in [0.3, 0.4) is 0 Å². The molecule has 1 aliphatic rings. The highest BCUT2D eigenvalue weighted by Crippen LogP contribution is 2.07. The first-order chi connectivity index (χ1) is 10.3. The minimum atomic E-state index is -0.151. The van der Waals surface area contributed by atoms with Crippen LogP contribution < -0.4 is 10.6 Å². The Kier molecular flexibility index (Phi) is 6.40. The van der Waals surface area contributed by atoms with Crippen LogP contribution in [0, 0.1) is 0 Å². The SMILES string of the molecule is CCCNc1cnc(C(=O)NCCN2CCCCC2)cn1. The van der Waals surface area contributed by atoms with Crippen LogP contribution in [-0.2, 0) is 0 Å². The number of anilines is 1. The Bertz CT molecular complexity index is 428. The molecule has 0 saturated carbocycles. The van der Waals surface area contributed by atoms with Crippen LogP contribution in [0.1, 0.15) is 43.1 Å². The number of rotatable bonds is 7. The lowest BCUT2D eigenvalue weighted by molar-refractivity contribution is 0.0941. The van der Waals surface area contributed by atoms with Crippen molar-refractivity contribution in [3.63, 3.8) is 0 Å². The summed E-state index contributed by atoms with van der Waals surface area (Å²) in [5, 5.41) is 6.04. The molecular formula is C15H25N5O. The van der Waals surface area contributed by atoms with Crippen LogP contribution in [0.5, 0.6) is 0 Å². The highest BCUT2D eigenvalue weighted by Gasteiger charge is 2.11. The average molecular weight is 291 g/mol. The van der Waals surface area contributed by atoms with Crippen LogP contribution in [-0.4, -0.2) is 53.5 Å². The Morgan fingerprint density at radius 1 is 1.19 bits per heavy atom. The summed E-state index contributed by atoms with van der Waals surface area (Å²) in [6, 6.07) is 0. The van der Waals surface area contributed by atoms with Crippen molar-refractivity contribution in [3.05, 3.63) is 18.1 Å². The van der Waals surface area contributed by atoms with Crippen molar-refractivity contribution in [2.24, 2.45) is 0 Å². The summed E-state index contributed by atoms with van der Waals surface area (Å²) in [5.41, 5.74) is 0.371. The number of hydrogen-bond acceptors (Lipinski definition) is 5. The molecule has 6 nitrogen and oxygen atoms in total. The number of carbonyl (C=O) groups is 1. The van der Waals surface area contributed by atoms with Crippen molar-refractivity contribution in [1.82, 2.24) is 20.2 Å². The smallest absolute Gasteiger partial charge is 0.271 e. The fourth-order valence-corrected chi connectivity index (χ4v) is 2.39. The number of hydrogen-bond donors (Lipinski definition) is 2. The van der Waals surface area contributed by atoms with E-state index in [0.29, 0.717) is 18.1 Å². The lowest BCUT2D eigenvalue weighted by atomic mass is 10.1. The van der Waals surface area contributed by atoms with E-state index in [4.69, 9.17) is 0 Å². The first kappa shape index (κ1) is 15.7. The molecule has 0 aliphatic carbocycles. The molecule has 0 unspecified atom stereocenters. The van der Waals surface area contributed by atoms with E-state index in [2.05, 4.69) is 32.4 Å². The largest absolute Gasteiger partial charge is 0.369 e. The van der Waals surface area contributed by atoms with Crippen LogP contribution in [0.2, 0.25) is 0 Å². The van der Waals surface area contributed by atoms with Gasteiger partial charge in [-0.25, -0.2) is 9.97 Å². The van der Waals surface area contributed by atoms with Gasteiger partial charge >= 0.3 is 0 Å². The topological polar surface area (TPSA) is 70.2 Å². The maximum Gasteiger partial charge on any atom is 0.271 e. The molecule has 1 saturated heterocycles. The van der Waals surface area contributed by atoms with Gasteiger partial charge in [-0.15, -0.1) is 0 Å². The van der Waals surface area contributed by atoms with E-state index in [1.165, 1.54) is 25.5 Å². The minimum Gasteiger partial charge on any atom is -0.369 e. The first-order valence-electron chi connectivity index (χ1n) is 7.86. The summed E-state index contributed by atoms with van der Waals surface area (Å²) in [5.74, 6) is 0.559. The summed E-state index contributed by atoms with van der Waals surface area (Å²) >= 11 is 0. The molecule has 116 valence electrons. The van der Waals surface area contributed by atoms with Gasteiger partial charge in [0.05, 0.1) is 12.4 Å². The summed E-state index contributed by atoms with van der Waals surface area (Å²) in [6.07, 6.45) is 8.03. The molecule has 0 radical (unpaired) electrons. The molecule has 1 amide bonds. The zero-order chi connectivity index (χ0) is 14.9. The van der Waals surface area contributed by atoms with Gasteiger partial charge in [-0.2, -0.15) is 0 Å². The number of nitrogens with one attached hydrogen (secondary N) is 2. The lowest BCUT2D eigenvalue weighted by Crippen LogP contribution is -2.37. The standard InChI is InChI=1S/C15H25N5O/c1-2-6-16-14-12-18-13(11-19-14)15(21)17-7-10-20-8-4-3-5-9-20/h11-12H,2-10H2,1H3,(H,16,19)(H,17,21). The predicted molar refractivity (Wildman–Crippen MR) is 83.4 cm³/mol. The first-order valence-corrected chi connectivity index (χ1v) is 7.86. The number of amides is 1. The molecule has 0 aromatic carbocycles. The average Bonchev–Trinajstić information content (AvgIpc) is 2.54. The summed E-state index contributed by atoms with van der Waals surface area (Å²) in [6.45, 7) is 6.81. The third-order valence-corrected chi connectivity index (χ3v) is 3.60. The van der Waals surface area contributed by atoms with E-state index in [0.717, 1.165) is 32.6 Å². The molecule has 6 heteroatoms. The Labute approximate surface area is 126 Å². The van der Waals surface area contributed by atoms with E-state index in [9.17, 15) is 4.79 Å². The van der Waals surface area contributed by atoms with Crippen molar-refractivity contribution >= 4 is 11.7 Å². The molecule has 0 atom stereocenters. The monoisotopic (exact) mass is 291 g/mol. The van der Waals surface area contributed by atoms with Gasteiger partial charge in [0, 0.05) is 19.6 Å². The van der Waals surface area contributed by atoms with Crippen LogP contribution in [0.25, 0.3) is 0 Å². The number of likely N-dealkylation sites (tertiary alicyclic amines) is 1. The number of nitrogens with zero attached hydrogens (tertiary/aromatic N) is 3. The number of piperidine rings is 1. The lowest BCUT2D eigenvalue weighted by Gasteiger charge is -2.26. The Morgan fingerprint density at radius 2 is 2.00 bits per heavy atom.